The van der Waals surface area contributed by atoms with Crippen LogP contribution in [-0.4, -0.2) is 40.1 Å². The average Bonchev–Trinajstić information content (AvgIpc) is 2.26. The fourth-order valence-electron chi connectivity index (χ4n) is 1.35. The van der Waals surface area contributed by atoms with E-state index in [1.165, 1.54) is 18.4 Å². The van der Waals surface area contributed by atoms with Gasteiger partial charge < -0.3 is 10.1 Å². The van der Waals surface area contributed by atoms with Gasteiger partial charge in [0.15, 0.2) is 0 Å². The first-order chi connectivity index (χ1) is 8.38. The van der Waals surface area contributed by atoms with Crippen LogP contribution in [0.2, 0.25) is 0 Å². The molecule has 0 heterocycles. The Balaban J connectivity index is 2.24. The molecule has 0 spiro atoms. The van der Waals surface area contributed by atoms with Gasteiger partial charge in [0.1, 0.15) is 28.0 Å². The molecule has 1 aromatic rings. The summed E-state index contributed by atoms with van der Waals surface area (Å²) in [7, 11) is -2.93. The Morgan fingerprint density at radius 3 is 2.72 bits per heavy atom. The largest absolute Gasteiger partial charge is 0.492 e. The number of rotatable bonds is 7. The number of ether oxygens (including phenoxy) is 1. The molecule has 4 nitrogen and oxygen atoms in total. The molecule has 18 heavy (non-hydrogen) atoms. The lowest BCUT2D eigenvalue weighted by Crippen LogP contribution is -2.26. The van der Waals surface area contributed by atoms with E-state index in [0.29, 0.717) is 25.4 Å². The van der Waals surface area contributed by atoms with Crippen molar-refractivity contribution in [1.29, 1.82) is 0 Å². The normalized spacial score (nSPS) is 11.5. The first kappa shape index (κ1) is 14.9. The van der Waals surface area contributed by atoms with E-state index in [4.69, 9.17) is 4.74 Å². The van der Waals surface area contributed by atoms with Gasteiger partial charge in [-0.3, -0.25) is 0 Å². The summed E-state index contributed by atoms with van der Waals surface area (Å²) in [5.74, 6) is 0.284. The maximum atomic E-state index is 12.9. The van der Waals surface area contributed by atoms with Gasteiger partial charge in [-0.1, -0.05) is 6.07 Å². The van der Waals surface area contributed by atoms with Crippen molar-refractivity contribution >= 4 is 9.84 Å². The fourth-order valence-corrected chi connectivity index (χ4v) is 1.86. The van der Waals surface area contributed by atoms with E-state index in [1.54, 1.807) is 6.07 Å². The van der Waals surface area contributed by atoms with Crippen molar-refractivity contribution in [2.75, 3.05) is 31.7 Å². The zero-order chi connectivity index (χ0) is 13.6. The highest BCUT2D eigenvalue weighted by atomic mass is 32.2. The zero-order valence-electron chi connectivity index (χ0n) is 10.6. The van der Waals surface area contributed by atoms with E-state index in [0.717, 1.165) is 5.56 Å². The number of hydrogen-bond donors (Lipinski definition) is 1. The van der Waals surface area contributed by atoms with E-state index in [1.807, 2.05) is 6.92 Å². The van der Waals surface area contributed by atoms with Gasteiger partial charge in [-0.2, -0.15) is 0 Å². The predicted octanol–water partition coefficient (Wildman–Crippen LogP) is 1.15. The molecular formula is C12H18FNO3S. The molecule has 0 saturated heterocycles. The molecule has 0 radical (unpaired) electrons. The molecule has 0 aliphatic carbocycles. The quantitative estimate of drug-likeness (QED) is 0.758. The number of hydrogen-bond acceptors (Lipinski definition) is 4. The Morgan fingerprint density at radius 2 is 2.06 bits per heavy atom. The molecule has 1 rings (SSSR count). The van der Waals surface area contributed by atoms with Gasteiger partial charge in [0, 0.05) is 25.4 Å². The molecule has 0 aliphatic heterocycles. The highest BCUT2D eigenvalue weighted by Gasteiger charge is 2.02. The Labute approximate surface area is 107 Å². The molecule has 1 aromatic carbocycles. The van der Waals surface area contributed by atoms with Crippen molar-refractivity contribution in [3.8, 4) is 5.75 Å². The number of benzene rings is 1. The van der Waals surface area contributed by atoms with Gasteiger partial charge in [0.2, 0.25) is 0 Å². The van der Waals surface area contributed by atoms with Gasteiger partial charge in [0.05, 0.1) is 5.75 Å². The Bertz CT molecular complexity index is 488. The van der Waals surface area contributed by atoms with Crippen molar-refractivity contribution in [3.05, 3.63) is 29.6 Å². The monoisotopic (exact) mass is 275 g/mol. The molecule has 0 fully saturated rings. The average molecular weight is 275 g/mol. The lowest BCUT2D eigenvalue weighted by atomic mass is 10.2. The van der Waals surface area contributed by atoms with Gasteiger partial charge >= 0.3 is 0 Å². The number of halogens is 1. The molecule has 0 saturated carbocycles. The molecular weight excluding hydrogens is 257 g/mol. The maximum absolute atomic E-state index is 12.9. The van der Waals surface area contributed by atoms with Crippen LogP contribution < -0.4 is 10.1 Å². The first-order valence-electron chi connectivity index (χ1n) is 5.66. The maximum Gasteiger partial charge on any atom is 0.148 e. The van der Waals surface area contributed by atoms with Gasteiger partial charge in [-0.05, 0) is 18.6 Å². The highest BCUT2D eigenvalue weighted by Crippen LogP contribution is 2.18. The number of nitrogens with one attached hydrogen (secondary N) is 1. The number of sulfone groups is 1. The number of aryl methyl sites for hydroxylation is 1. The summed E-state index contributed by atoms with van der Waals surface area (Å²) in [6.45, 7) is 3.12. The van der Waals surface area contributed by atoms with Crippen molar-refractivity contribution in [1.82, 2.24) is 5.32 Å². The van der Waals surface area contributed by atoms with E-state index >= 15 is 0 Å². The molecule has 0 unspecified atom stereocenters. The molecule has 6 heteroatoms. The van der Waals surface area contributed by atoms with Crippen LogP contribution in [-0.2, 0) is 9.84 Å². The van der Waals surface area contributed by atoms with Crippen molar-refractivity contribution < 1.29 is 17.5 Å². The first-order valence-corrected chi connectivity index (χ1v) is 7.72. The summed E-state index contributed by atoms with van der Waals surface area (Å²) in [4.78, 5) is 0. The van der Waals surface area contributed by atoms with Crippen LogP contribution in [0.25, 0.3) is 0 Å². The summed E-state index contributed by atoms with van der Waals surface area (Å²) in [6, 6.07) is 4.38. The zero-order valence-corrected chi connectivity index (χ0v) is 11.4. The molecule has 102 valence electrons. The molecule has 0 aliphatic rings. The van der Waals surface area contributed by atoms with E-state index in [-0.39, 0.29) is 11.6 Å². The van der Waals surface area contributed by atoms with E-state index < -0.39 is 9.84 Å². The highest BCUT2D eigenvalue weighted by molar-refractivity contribution is 7.90. The smallest absolute Gasteiger partial charge is 0.148 e. The Hall–Kier alpha value is -1.14. The summed E-state index contributed by atoms with van der Waals surface area (Å²) >= 11 is 0. The van der Waals surface area contributed by atoms with Gasteiger partial charge in [-0.25, -0.2) is 12.8 Å². The standard InChI is InChI=1S/C12H18FNO3S/c1-10-3-4-11(13)9-12(10)17-7-5-14-6-8-18(2,15)16/h3-4,9,14H,5-8H2,1-2H3. The van der Waals surface area contributed by atoms with Crippen LogP contribution in [0.1, 0.15) is 5.56 Å². The molecule has 0 atom stereocenters. The molecule has 1 N–H and O–H groups in total. The fraction of sp³-hybridized carbons (Fsp3) is 0.500. The van der Waals surface area contributed by atoms with Crippen LogP contribution >= 0.6 is 0 Å². The van der Waals surface area contributed by atoms with E-state index in [2.05, 4.69) is 5.32 Å². The summed E-state index contributed by atoms with van der Waals surface area (Å²) < 4.78 is 40.1. The predicted molar refractivity (Wildman–Crippen MR) is 69.2 cm³/mol. The minimum atomic E-state index is -2.93. The molecule has 0 aromatic heterocycles. The Morgan fingerprint density at radius 1 is 1.33 bits per heavy atom. The SMILES string of the molecule is Cc1ccc(F)cc1OCCNCCS(C)(=O)=O. The summed E-state index contributed by atoms with van der Waals surface area (Å²) in [6.07, 6.45) is 1.20. The van der Waals surface area contributed by atoms with Crippen molar-refractivity contribution in [2.24, 2.45) is 0 Å². The van der Waals surface area contributed by atoms with Crippen LogP contribution in [0.3, 0.4) is 0 Å². The van der Waals surface area contributed by atoms with Crippen LogP contribution in [0.15, 0.2) is 18.2 Å². The second kappa shape index (κ2) is 6.70. The third kappa shape index (κ3) is 5.97. The minimum absolute atomic E-state index is 0.103. The second-order valence-corrected chi connectivity index (χ2v) is 6.40. The summed E-state index contributed by atoms with van der Waals surface area (Å²) in [5.41, 5.74) is 0.868. The Kier molecular flexibility index (Phi) is 5.55. The lowest BCUT2D eigenvalue weighted by Gasteiger charge is -2.09. The third-order valence-electron chi connectivity index (χ3n) is 2.34. The lowest BCUT2D eigenvalue weighted by molar-refractivity contribution is 0.312. The van der Waals surface area contributed by atoms with Crippen LogP contribution in [0, 0.1) is 12.7 Å². The van der Waals surface area contributed by atoms with Gasteiger partial charge in [-0.15, -0.1) is 0 Å². The third-order valence-corrected chi connectivity index (χ3v) is 3.28. The van der Waals surface area contributed by atoms with E-state index in [9.17, 15) is 12.8 Å². The summed E-state index contributed by atoms with van der Waals surface area (Å²) in [5, 5.41) is 2.95. The topological polar surface area (TPSA) is 55.4 Å². The molecule has 0 amide bonds. The second-order valence-electron chi connectivity index (χ2n) is 4.14. The van der Waals surface area contributed by atoms with Crippen molar-refractivity contribution in [2.45, 2.75) is 6.92 Å². The molecule has 0 bridgehead atoms. The van der Waals surface area contributed by atoms with Crippen molar-refractivity contribution in [3.63, 3.8) is 0 Å². The minimum Gasteiger partial charge on any atom is -0.492 e. The van der Waals surface area contributed by atoms with Crippen LogP contribution in [0.5, 0.6) is 5.75 Å². The van der Waals surface area contributed by atoms with Gasteiger partial charge in [0.25, 0.3) is 0 Å². The van der Waals surface area contributed by atoms with Crippen LogP contribution in [0.4, 0.5) is 4.39 Å².